The van der Waals surface area contributed by atoms with E-state index in [2.05, 4.69) is 10.6 Å². The summed E-state index contributed by atoms with van der Waals surface area (Å²) < 4.78 is 13.2. The Hall–Kier alpha value is -1.09. The quantitative estimate of drug-likeness (QED) is 0.751. The lowest BCUT2D eigenvalue weighted by Gasteiger charge is -2.13. The highest BCUT2D eigenvalue weighted by molar-refractivity contribution is 5.46. The highest BCUT2D eigenvalue weighted by atomic mass is 19.1. The van der Waals surface area contributed by atoms with Gasteiger partial charge in [0.1, 0.15) is 5.82 Å². The van der Waals surface area contributed by atoms with E-state index in [1.807, 2.05) is 6.07 Å². The van der Waals surface area contributed by atoms with Crippen LogP contribution in [0.25, 0.3) is 0 Å². The molecule has 0 radical (unpaired) electrons. The van der Waals surface area contributed by atoms with Gasteiger partial charge in [-0.25, -0.2) is 4.39 Å². The third-order valence-corrected chi connectivity index (χ3v) is 2.60. The van der Waals surface area contributed by atoms with E-state index < -0.39 is 0 Å². The number of aryl methyl sites for hydroxylation is 1. The molecule has 2 N–H and O–H groups in total. The first-order valence-corrected chi connectivity index (χ1v) is 4.99. The van der Waals surface area contributed by atoms with Crippen LogP contribution in [0.15, 0.2) is 18.2 Å². The molecule has 1 unspecified atom stereocenters. The predicted octanol–water partition coefficient (Wildman–Crippen LogP) is 1.91. The van der Waals surface area contributed by atoms with Gasteiger partial charge in [0.05, 0.1) is 0 Å². The Morgan fingerprint density at radius 2 is 2.36 bits per heavy atom. The maximum atomic E-state index is 13.2. The lowest BCUT2D eigenvalue weighted by Crippen LogP contribution is -2.22. The van der Waals surface area contributed by atoms with Crippen LogP contribution in [0.2, 0.25) is 0 Å². The first kappa shape index (κ1) is 9.46. The highest BCUT2D eigenvalue weighted by Crippen LogP contribution is 2.15. The highest BCUT2D eigenvalue weighted by Gasteiger charge is 2.13. The van der Waals surface area contributed by atoms with Gasteiger partial charge in [-0.3, -0.25) is 0 Å². The van der Waals surface area contributed by atoms with Gasteiger partial charge in [-0.15, -0.1) is 0 Å². The summed E-state index contributed by atoms with van der Waals surface area (Å²) in [6.07, 6.45) is 1.11. The van der Waals surface area contributed by atoms with Crippen LogP contribution in [-0.2, 0) is 0 Å². The Kier molecular flexibility index (Phi) is 2.68. The summed E-state index contributed by atoms with van der Waals surface area (Å²) >= 11 is 0. The predicted molar refractivity (Wildman–Crippen MR) is 56.0 cm³/mol. The third-order valence-electron chi connectivity index (χ3n) is 2.60. The van der Waals surface area contributed by atoms with Crippen LogP contribution in [0.5, 0.6) is 0 Å². The molecule has 1 aliphatic rings. The van der Waals surface area contributed by atoms with Gasteiger partial charge >= 0.3 is 0 Å². The Bertz CT molecular complexity index is 319. The van der Waals surface area contributed by atoms with Crippen molar-refractivity contribution in [1.82, 2.24) is 5.32 Å². The van der Waals surface area contributed by atoms with E-state index >= 15 is 0 Å². The zero-order valence-electron chi connectivity index (χ0n) is 8.31. The monoisotopic (exact) mass is 194 g/mol. The molecule has 0 aromatic heterocycles. The first-order chi connectivity index (χ1) is 6.75. The fourth-order valence-corrected chi connectivity index (χ4v) is 1.70. The van der Waals surface area contributed by atoms with Crippen LogP contribution in [0.1, 0.15) is 12.0 Å². The maximum Gasteiger partial charge on any atom is 0.128 e. The van der Waals surface area contributed by atoms with Crippen molar-refractivity contribution in [1.29, 1.82) is 0 Å². The summed E-state index contributed by atoms with van der Waals surface area (Å²) in [6.45, 7) is 3.79. The molecule has 2 nitrogen and oxygen atoms in total. The second kappa shape index (κ2) is 3.96. The molecule has 76 valence electrons. The topological polar surface area (TPSA) is 24.1 Å². The van der Waals surface area contributed by atoms with E-state index in [0.29, 0.717) is 11.6 Å². The van der Waals surface area contributed by atoms with Crippen molar-refractivity contribution in [2.45, 2.75) is 19.4 Å². The van der Waals surface area contributed by atoms with E-state index in [1.54, 1.807) is 19.1 Å². The molecule has 1 saturated heterocycles. The summed E-state index contributed by atoms with van der Waals surface area (Å²) in [5.74, 6) is -0.138. The summed E-state index contributed by atoms with van der Waals surface area (Å²) in [7, 11) is 0. The van der Waals surface area contributed by atoms with Gasteiger partial charge in [-0.1, -0.05) is 6.07 Å². The fraction of sp³-hybridized carbons (Fsp3) is 0.455. The largest absolute Gasteiger partial charge is 0.381 e. The van der Waals surface area contributed by atoms with Crippen molar-refractivity contribution >= 4 is 5.69 Å². The second-order valence-electron chi connectivity index (χ2n) is 3.80. The van der Waals surface area contributed by atoms with Gasteiger partial charge in [0.2, 0.25) is 0 Å². The molecule has 0 bridgehead atoms. The molecule has 0 amide bonds. The van der Waals surface area contributed by atoms with Crippen molar-refractivity contribution in [2.75, 3.05) is 18.4 Å². The molecule has 1 aromatic rings. The van der Waals surface area contributed by atoms with Gasteiger partial charge in [-0.05, 0) is 37.6 Å². The van der Waals surface area contributed by atoms with E-state index in [9.17, 15) is 4.39 Å². The summed E-state index contributed by atoms with van der Waals surface area (Å²) in [5.41, 5.74) is 1.57. The van der Waals surface area contributed by atoms with Crippen molar-refractivity contribution in [3.05, 3.63) is 29.6 Å². The van der Waals surface area contributed by atoms with Crippen LogP contribution < -0.4 is 10.6 Å². The Morgan fingerprint density at radius 1 is 1.50 bits per heavy atom. The van der Waals surface area contributed by atoms with Crippen LogP contribution in [0.4, 0.5) is 10.1 Å². The van der Waals surface area contributed by atoms with Gasteiger partial charge in [0.15, 0.2) is 0 Å². The van der Waals surface area contributed by atoms with Crippen LogP contribution in [0, 0.1) is 12.7 Å². The molecular weight excluding hydrogens is 179 g/mol. The van der Waals surface area contributed by atoms with Gasteiger partial charge < -0.3 is 10.6 Å². The summed E-state index contributed by atoms with van der Waals surface area (Å²) in [5, 5.41) is 6.57. The number of rotatable bonds is 2. The number of hydrogen-bond acceptors (Lipinski definition) is 2. The molecule has 2 rings (SSSR count). The molecule has 1 aromatic carbocycles. The van der Waals surface area contributed by atoms with Crippen LogP contribution in [0.3, 0.4) is 0 Å². The van der Waals surface area contributed by atoms with Gasteiger partial charge in [-0.2, -0.15) is 0 Å². The standard InChI is InChI=1S/C11H15FN2/c1-8-2-3-9(6-11(8)12)14-10-4-5-13-7-10/h2-3,6,10,13-14H,4-5,7H2,1H3. The van der Waals surface area contributed by atoms with Crippen molar-refractivity contribution in [3.8, 4) is 0 Å². The molecular formula is C11H15FN2. The lowest BCUT2D eigenvalue weighted by atomic mass is 10.2. The molecule has 0 aliphatic carbocycles. The van der Waals surface area contributed by atoms with Crippen molar-refractivity contribution in [3.63, 3.8) is 0 Å². The third kappa shape index (κ3) is 2.04. The number of hydrogen-bond donors (Lipinski definition) is 2. The number of anilines is 1. The average molecular weight is 194 g/mol. The summed E-state index contributed by atoms with van der Waals surface area (Å²) in [4.78, 5) is 0. The second-order valence-corrected chi connectivity index (χ2v) is 3.80. The molecule has 0 spiro atoms. The summed E-state index contributed by atoms with van der Waals surface area (Å²) in [6, 6.07) is 5.74. The van der Waals surface area contributed by atoms with E-state index in [0.717, 1.165) is 25.2 Å². The van der Waals surface area contributed by atoms with Crippen LogP contribution in [-0.4, -0.2) is 19.1 Å². The smallest absolute Gasteiger partial charge is 0.128 e. The number of halogens is 1. The molecule has 1 fully saturated rings. The molecule has 1 aliphatic heterocycles. The number of benzene rings is 1. The molecule has 1 atom stereocenters. The number of nitrogens with one attached hydrogen (secondary N) is 2. The van der Waals surface area contributed by atoms with E-state index in [1.165, 1.54) is 0 Å². The molecule has 3 heteroatoms. The Balaban J connectivity index is 2.05. The SMILES string of the molecule is Cc1ccc(NC2CCNC2)cc1F. The minimum Gasteiger partial charge on any atom is -0.381 e. The van der Waals surface area contributed by atoms with Crippen LogP contribution >= 0.6 is 0 Å². The average Bonchev–Trinajstić information content (AvgIpc) is 2.64. The van der Waals surface area contributed by atoms with E-state index in [-0.39, 0.29) is 5.82 Å². The van der Waals surface area contributed by atoms with Gasteiger partial charge in [0, 0.05) is 18.3 Å². The van der Waals surface area contributed by atoms with E-state index in [4.69, 9.17) is 0 Å². The minimum atomic E-state index is -0.138. The Morgan fingerprint density at radius 3 is 3.00 bits per heavy atom. The minimum absolute atomic E-state index is 0.138. The molecule has 1 heterocycles. The van der Waals surface area contributed by atoms with Gasteiger partial charge in [0.25, 0.3) is 0 Å². The first-order valence-electron chi connectivity index (χ1n) is 4.99. The molecule has 0 saturated carbocycles. The normalized spacial score (nSPS) is 21.1. The lowest BCUT2D eigenvalue weighted by molar-refractivity contribution is 0.618. The zero-order valence-corrected chi connectivity index (χ0v) is 8.31. The van der Waals surface area contributed by atoms with Crippen molar-refractivity contribution < 1.29 is 4.39 Å². The van der Waals surface area contributed by atoms with Crippen molar-refractivity contribution in [2.24, 2.45) is 0 Å². The zero-order chi connectivity index (χ0) is 9.97. The molecule has 14 heavy (non-hydrogen) atoms. The Labute approximate surface area is 83.5 Å². The fourth-order valence-electron chi connectivity index (χ4n) is 1.70. The maximum absolute atomic E-state index is 13.2.